The van der Waals surface area contributed by atoms with Crippen molar-refractivity contribution in [2.24, 2.45) is 0 Å². The maximum absolute atomic E-state index is 12.2. The minimum absolute atomic E-state index is 0.0499. The van der Waals surface area contributed by atoms with Crippen LogP contribution < -0.4 is 15.5 Å². The predicted molar refractivity (Wildman–Crippen MR) is 128 cm³/mol. The topological polar surface area (TPSA) is 120 Å². The molecular weight excluding hydrogens is 449 g/mol. The molecule has 2 amide bonds. The Morgan fingerprint density at radius 2 is 2.03 bits per heavy atom. The van der Waals surface area contributed by atoms with Crippen molar-refractivity contribution < 1.29 is 23.0 Å². The van der Waals surface area contributed by atoms with Crippen molar-refractivity contribution in [2.75, 3.05) is 49.5 Å². The Bertz CT molecular complexity index is 997. The molecule has 9 nitrogen and oxygen atoms in total. The normalized spacial score (nSPS) is 20.3. The first-order valence-corrected chi connectivity index (χ1v) is 12.9. The molecule has 4 N–H and O–H groups in total. The molecule has 1 atom stereocenters. The molecule has 1 aromatic carbocycles. The Kier molecular flexibility index (Phi) is 6.76. The monoisotopic (exact) mass is 479 g/mol. The number of carbonyl (C=O) groups is 1. The second-order valence-electron chi connectivity index (χ2n) is 8.53. The molecule has 1 saturated carbocycles. The Balaban J connectivity index is 1.67. The number of urea groups is 1. The predicted octanol–water partition coefficient (Wildman–Crippen LogP) is 3.83. The second kappa shape index (κ2) is 9.41. The highest BCUT2D eigenvalue weighted by molar-refractivity contribution is 8.24. The molecular formula is C22H30FN5O4S. The Hall–Kier alpha value is -2.47. The first kappa shape index (κ1) is 23.7. The summed E-state index contributed by atoms with van der Waals surface area (Å²) >= 11 is 0. The number of hydrogen-bond acceptors (Lipinski definition) is 7. The van der Waals surface area contributed by atoms with Crippen LogP contribution in [0.1, 0.15) is 25.5 Å². The molecule has 1 aliphatic heterocycles. The lowest BCUT2D eigenvalue weighted by Crippen LogP contribution is -2.44. The van der Waals surface area contributed by atoms with E-state index >= 15 is 0 Å². The van der Waals surface area contributed by atoms with Crippen LogP contribution in [0.25, 0.3) is 11.4 Å². The highest BCUT2D eigenvalue weighted by Gasteiger charge is 2.55. The van der Waals surface area contributed by atoms with E-state index in [1.54, 1.807) is 24.3 Å². The van der Waals surface area contributed by atoms with Crippen LogP contribution in [0.15, 0.2) is 30.3 Å². The maximum atomic E-state index is 12.2. The Morgan fingerprint density at radius 3 is 2.64 bits per heavy atom. The van der Waals surface area contributed by atoms with Crippen LogP contribution in [-0.2, 0) is 9.48 Å². The van der Waals surface area contributed by atoms with Crippen LogP contribution in [0.2, 0.25) is 0 Å². The third kappa shape index (κ3) is 5.06. The zero-order chi connectivity index (χ0) is 23.6. The molecule has 180 valence electrons. The zero-order valence-electron chi connectivity index (χ0n) is 18.8. The van der Waals surface area contributed by atoms with Crippen molar-refractivity contribution in [3.63, 3.8) is 0 Å². The van der Waals surface area contributed by atoms with Crippen molar-refractivity contribution in [3.8, 4) is 11.4 Å². The summed E-state index contributed by atoms with van der Waals surface area (Å²) in [6.07, 6.45) is 2.81. The molecule has 33 heavy (non-hydrogen) atoms. The SMILES string of the molecule is C[C@H]1COCCN1c1cc(C2(S(C)(O)O)CC2)nc(-c2ccc(NC(=O)NCCF)cc2)n1. The van der Waals surface area contributed by atoms with E-state index in [9.17, 15) is 18.3 Å². The first-order chi connectivity index (χ1) is 15.7. The number of amides is 2. The number of aromatic nitrogens is 2. The molecule has 0 unspecified atom stereocenters. The number of nitrogens with one attached hydrogen (secondary N) is 2. The van der Waals surface area contributed by atoms with Gasteiger partial charge in [-0.3, -0.25) is 9.11 Å². The number of carbonyl (C=O) groups excluding carboxylic acids is 1. The fourth-order valence-corrected chi connectivity index (χ4v) is 5.38. The van der Waals surface area contributed by atoms with Gasteiger partial charge in [0, 0.05) is 36.7 Å². The fourth-order valence-electron chi connectivity index (χ4n) is 4.00. The van der Waals surface area contributed by atoms with Crippen molar-refractivity contribution in [3.05, 3.63) is 36.0 Å². The van der Waals surface area contributed by atoms with E-state index in [0.29, 0.717) is 49.8 Å². The number of benzene rings is 1. The molecule has 0 spiro atoms. The summed E-state index contributed by atoms with van der Waals surface area (Å²) in [6, 6.07) is 8.54. The van der Waals surface area contributed by atoms with Gasteiger partial charge in [-0.1, -0.05) is 0 Å². The number of rotatable bonds is 7. The summed E-state index contributed by atoms with van der Waals surface area (Å²) in [5.74, 6) is 1.21. The molecule has 0 bridgehead atoms. The van der Waals surface area contributed by atoms with E-state index in [1.807, 2.05) is 6.07 Å². The number of nitrogens with zero attached hydrogens (tertiary/aromatic N) is 3. The fraction of sp³-hybridized carbons (Fsp3) is 0.500. The van der Waals surface area contributed by atoms with Crippen LogP contribution in [0, 0.1) is 0 Å². The van der Waals surface area contributed by atoms with Gasteiger partial charge in [0.25, 0.3) is 0 Å². The lowest BCUT2D eigenvalue weighted by molar-refractivity contribution is 0.0985. The molecule has 2 aliphatic rings. The van der Waals surface area contributed by atoms with Gasteiger partial charge in [0.15, 0.2) is 5.82 Å². The Labute approximate surface area is 194 Å². The summed E-state index contributed by atoms with van der Waals surface area (Å²) in [5.41, 5.74) is 1.92. The minimum atomic E-state index is -2.85. The molecule has 1 aliphatic carbocycles. The van der Waals surface area contributed by atoms with Gasteiger partial charge in [-0.2, -0.15) is 10.6 Å². The Morgan fingerprint density at radius 1 is 1.30 bits per heavy atom. The van der Waals surface area contributed by atoms with Crippen molar-refractivity contribution >= 4 is 28.1 Å². The van der Waals surface area contributed by atoms with Crippen LogP contribution in [0.5, 0.6) is 0 Å². The molecule has 1 aromatic heterocycles. The van der Waals surface area contributed by atoms with Gasteiger partial charge in [-0.25, -0.2) is 19.2 Å². The van der Waals surface area contributed by atoms with E-state index in [0.717, 1.165) is 11.4 Å². The lowest BCUT2D eigenvalue weighted by Gasteiger charge is -2.38. The van der Waals surface area contributed by atoms with E-state index in [4.69, 9.17) is 14.7 Å². The summed E-state index contributed by atoms with van der Waals surface area (Å²) in [4.78, 5) is 23.5. The van der Waals surface area contributed by atoms with E-state index in [1.165, 1.54) is 6.26 Å². The molecule has 1 saturated heterocycles. The molecule has 2 fully saturated rings. The van der Waals surface area contributed by atoms with Crippen LogP contribution >= 0.6 is 10.6 Å². The van der Waals surface area contributed by atoms with E-state index < -0.39 is 28.0 Å². The van der Waals surface area contributed by atoms with Crippen molar-refractivity contribution in [2.45, 2.75) is 30.6 Å². The number of morpholine rings is 1. The van der Waals surface area contributed by atoms with E-state index in [-0.39, 0.29) is 12.6 Å². The number of anilines is 2. The zero-order valence-corrected chi connectivity index (χ0v) is 19.6. The third-order valence-corrected chi connectivity index (χ3v) is 8.16. The van der Waals surface area contributed by atoms with Gasteiger partial charge in [0.2, 0.25) is 0 Å². The third-order valence-electron chi connectivity index (χ3n) is 6.07. The van der Waals surface area contributed by atoms with Gasteiger partial charge in [-0.05, 0) is 44.0 Å². The van der Waals surface area contributed by atoms with Gasteiger partial charge >= 0.3 is 6.03 Å². The summed E-state index contributed by atoms with van der Waals surface area (Å²) < 4.78 is 38.1. The smallest absolute Gasteiger partial charge is 0.319 e. The van der Waals surface area contributed by atoms with Crippen molar-refractivity contribution in [1.29, 1.82) is 0 Å². The number of ether oxygens (including phenoxy) is 1. The van der Waals surface area contributed by atoms with Gasteiger partial charge in [0.1, 0.15) is 17.2 Å². The number of alkyl halides is 1. The van der Waals surface area contributed by atoms with Gasteiger partial charge in [-0.15, -0.1) is 0 Å². The summed E-state index contributed by atoms with van der Waals surface area (Å²) in [7, 11) is -2.85. The largest absolute Gasteiger partial charge is 0.377 e. The molecule has 11 heteroatoms. The van der Waals surface area contributed by atoms with Crippen LogP contribution in [0.4, 0.5) is 20.7 Å². The first-order valence-electron chi connectivity index (χ1n) is 10.9. The maximum Gasteiger partial charge on any atom is 0.319 e. The summed E-state index contributed by atoms with van der Waals surface area (Å²) in [5, 5.41) is 5.06. The average molecular weight is 480 g/mol. The average Bonchev–Trinajstić information content (AvgIpc) is 3.61. The highest BCUT2D eigenvalue weighted by Crippen LogP contribution is 2.69. The second-order valence-corrected chi connectivity index (χ2v) is 11.0. The molecule has 0 radical (unpaired) electrons. The number of halogens is 1. The molecule has 4 rings (SSSR count). The summed E-state index contributed by atoms with van der Waals surface area (Å²) in [6.45, 7) is 3.25. The highest BCUT2D eigenvalue weighted by atomic mass is 32.3. The van der Waals surface area contributed by atoms with Gasteiger partial charge < -0.3 is 20.3 Å². The lowest BCUT2D eigenvalue weighted by atomic mass is 10.1. The van der Waals surface area contributed by atoms with Crippen LogP contribution in [0.3, 0.4) is 0 Å². The quantitative estimate of drug-likeness (QED) is 0.476. The standard InChI is InChI=1S/C22H30FN5O4S/c1-15-14-32-12-11-28(15)19-13-18(22(7-8-22)33(2,30)31)26-20(27-19)16-3-5-17(6-4-16)25-21(29)24-10-9-23/h3-6,13,15,30-31H,7-12,14H2,1-2H3,(H2,24,25,29)/t15-/m0/s1. The minimum Gasteiger partial charge on any atom is -0.377 e. The number of hydrogen-bond donors (Lipinski definition) is 4. The van der Waals surface area contributed by atoms with Gasteiger partial charge in [0.05, 0.1) is 24.9 Å². The molecule has 2 aromatic rings. The van der Waals surface area contributed by atoms with Crippen molar-refractivity contribution in [1.82, 2.24) is 15.3 Å². The van der Waals surface area contributed by atoms with E-state index in [2.05, 4.69) is 22.5 Å². The molecule has 2 heterocycles. The van der Waals surface area contributed by atoms with Crippen LogP contribution in [-0.4, -0.2) is 70.4 Å².